The molecule has 0 amide bonds. The number of hydrogen-bond acceptors (Lipinski definition) is 4. The fraction of sp³-hybridized carbons (Fsp3) is 0.882. The van der Waals surface area contributed by atoms with Crippen molar-refractivity contribution in [1.29, 1.82) is 0 Å². The first-order valence-corrected chi connectivity index (χ1v) is 8.43. The van der Waals surface area contributed by atoms with Crippen LogP contribution in [0.5, 0.6) is 0 Å². The third-order valence-corrected chi connectivity index (χ3v) is 3.54. The van der Waals surface area contributed by atoms with Crippen LogP contribution in [0.25, 0.3) is 0 Å². The molecule has 0 aromatic carbocycles. The number of unbranched alkanes of at least 4 members (excludes halogenated alkanes) is 7. The van der Waals surface area contributed by atoms with Crippen LogP contribution in [0.15, 0.2) is 0 Å². The number of esters is 2. The largest absolute Gasteiger partial charge is 0.466 e. The highest BCUT2D eigenvalue weighted by Gasteiger charge is 2.22. The van der Waals surface area contributed by atoms with Gasteiger partial charge in [-0.05, 0) is 19.3 Å². The highest BCUT2D eigenvalue weighted by atomic mass is 16.6. The second-order valence-electron chi connectivity index (χ2n) is 5.52. The number of methoxy groups -OCH3 is 1. The summed E-state index contributed by atoms with van der Waals surface area (Å²) in [4.78, 5) is 23.3. The molecule has 0 aliphatic heterocycles. The van der Waals surface area contributed by atoms with Crippen LogP contribution >= 0.6 is 0 Å². The first kappa shape index (κ1) is 19.9. The number of rotatable bonds is 13. The molecule has 1 atom stereocenters. The minimum Gasteiger partial charge on any atom is -0.466 e. The summed E-state index contributed by atoms with van der Waals surface area (Å²) in [5.41, 5.74) is 0. The van der Waals surface area contributed by atoms with Gasteiger partial charge < -0.3 is 9.47 Å². The van der Waals surface area contributed by atoms with E-state index in [2.05, 4.69) is 13.8 Å². The van der Waals surface area contributed by atoms with Crippen LogP contribution in [0.2, 0.25) is 0 Å². The topological polar surface area (TPSA) is 52.6 Å². The van der Waals surface area contributed by atoms with Crippen molar-refractivity contribution < 1.29 is 19.1 Å². The minimum absolute atomic E-state index is 0.287. The van der Waals surface area contributed by atoms with Gasteiger partial charge in [0.1, 0.15) is 0 Å². The van der Waals surface area contributed by atoms with E-state index in [1.807, 2.05) is 0 Å². The average Bonchev–Trinajstić information content (AvgIpc) is 2.49. The van der Waals surface area contributed by atoms with E-state index in [9.17, 15) is 9.59 Å². The lowest BCUT2D eigenvalue weighted by Crippen LogP contribution is -2.28. The molecular weight excluding hydrogens is 268 g/mol. The van der Waals surface area contributed by atoms with E-state index in [4.69, 9.17) is 9.47 Å². The monoisotopic (exact) mass is 300 g/mol. The summed E-state index contributed by atoms with van der Waals surface area (Å²) < 4.78 is 9.98. The molecule has 0 N–H and O–H groups in total. The zero-order valence-electron chi connectivity index (χ0n) is 14.0. The average molecular weight is 300 g/mol. The fourth-order valence-corrected chi connectivity index (χ4v) is 2.20. The predicted octanol–water partition coefficient (Wildman–Crippen LogP) is 4.40. The third-order valence-electron chi connectivity index (χ3n) is 3.54. The van der Waals surface area contributed by atoms with Crippen LogP contribution in [-0.4, -0.2) is 25.2 Å². The number of hydrogen-bond donors (Lipinski definition) is 0. The number of carbonyl (C=O) groups excluding carboxylic acids is 2. The Hall–Kier alpha value is -1.06. The molecule has 0 radical (unpaired) electrons. The molecule has 4 heteroatoms. The van der Waals surface area contributed by atoms with Crippen molar-refractivity contribution in [1.82, 2.24) is 0 Å². The lowest BCUT2D eigenvalue weighted by molar-refractivity contribution is -0.166. The smallest absolute Gasteiger partial charge is 0.347 e. The van der Waals surface area contributed by atoms with Gasteiger partial charge in [-0.1, -0.05) is 58.8 Å². The maximum absolute atomic E-state index is 11.7. The Bertz CT molecular complexity index is 276. The molecule has 124 valence electrons. The molecule has 0 fully saturated rings. The minimum atomic E-state index is -0.727. The van der Waals surface area contributed by atoms with E-state index in [0.717, 1.165) is 32.1 Å². The molecule has 0 unspecified atom stereocenters. The van der Waals surface area contributed by atoms with Crippen LogP contribution in [0.3, 0.4) is 0 Å². The van der Waals surface area contributed by atoms with Crippen molar-refractivity contribution in [3.8, 4) is 0 Å². The lowest BCUT2D eigenvalue weighted by atomic mass is 10.1. The van der Waals surface area contributed by atoms with Gasteiger partial charge in [0.2, 0.25) is 0 Å². The van der Waals surface area contributed by atoms with Crippen molar-refractivity contribution >= 4 is 11.9 Å². The summed E-state index contributed by atoms with van der Waals surface area (Å²) in [6.07, 6.45) is 9.97. The Balaban J connectivity index is 3.97. The number of carbonyl (C=O) groups is 2. The van der Waals surface area contributed by atoms with Crippen LogP contribution in [-0.2, 0) is 19.1 Å². The molecule has 0 rings (SSSR count). The molecular formula is C17H32O4. The van der Waals surface area contributed by atoms with Gasteiger partial charge in [0, 0.05) is 6.42 Å². The molecule has 4 nitrogen and oxygen atoms in total. The van der Waals surface area contributed by atoms with E-state index < -0.39 is 12.1 Å². The Morgan fingerprint density at radius 2 is 1.43 bits per heavy atom. The van der Waals surface area contributed by atoms with E-state index in [-0.39, 0.29) is 5.97 Å². The Morgan fingerprint density at radius 3 is 2.05 bits per heavy atom. The van der Waals surface area contributed by atoms with Crippen LogP contribution in [0.4, 0.5) is 0 Å². The Labute approximate surface area is 129 Å². The van der Waals surface area contributed by atoms with Gasteiger partial charge in [0.15, 0.2) is 6.10 Å². The summed E-state index contributed by atoms with van der Waals surface area (Å²) in [5, 5.41) is 0. The summed E-state index contributed by atoms with van der Waals surface area (Å²) in [5.74, 6) is -0.725. The molecule has 0 aliphatic rings. The fourth-order valence-electron chi connectivity index (χ4n) is 2.20. The first-order chi connectivity index (χ1) is 10.2. The van der Waals surface area contributed by atoms with Crippen LogP contribution in [0, 0.1) is 0 Å². The first-order valence-electron chi connectivity index (χ1n) is 8.43. The van der Waals surface area contributed by atoms with Gasteiger partial charge >= 0.3 is 11.9 Å². The molecule has 0 aromatic rings. The van der Waals surface area contributed by atoms with E-state index >= 15 is 0 Å². The van der Waals surface area contributed by atoms with Gasteiger partial charge in [-0.25, -0.2) is 4.79 Å². The van der Waals surface area contributed by atoms with E-state index in [1.165, 1.54) is 32.8 Å². The summed E-state index contributed by atoms with van der Waals surface area (Å²) in [6, 6.07) is 0. The molecule has 0 aliphatic carbocycles. The van der Waals surface area contributed by atoms with E-state index in [1.54, 1.807) is 0 Å². The zero-order valence-corrected chi connectivity index (χ0v) is 14.0. The van der Waals surface area contributed by atoms with Crippen molar-refractivity contribution in [3.63, 3.8) is 0 Å². The van der Waals surface area contributed by atoms with Crippen molar-refractivity contribution in [3.05, 3.63) is 0 Å². The third kappa shape index (κ3) is 11.3. The molecule has 0 saturated heterocycles. The highest BCUT2D eigenvalue weighted by Crippen LogP contribution is 2.13. The molecule has 0 aromatic heterocycles. The second kappa shape index (κ2) is 13.9. The number of ether oxygens (including phenoxy) is 2. The zero-order chi connectivity index (χ0) is 15.9. The van der Waals surface area contributed by atoms with Crippen molar-refractivity contribution in [2.75, 3.05) is 7.11 Å². The summed E-state index contributed by atoms with van der Waals surface area (Å²) in [6.45, 7) is 4.27. The highest BCUT2D eigenvalue weighted by molar-refractivity contribution is 5.79. The summed E-state index contributed by atoms with van der Waals surface area (Å²) in [7, 11) is 1.33. The summed E-state index contributed by atoms with van der Waals surface area (Å²) >= 11 is 0. The molecule has 0 spiro atoms. The molecule has 0 saturated carbocycles. The van der Waals surface area contributed by atoms with Gasteiger partial charge in [-0.3, -0.25) is 4.79 Å². The van der Waals surface area contributed by atoms with Crippen molar-refractivity contribution in [2.24, 2.45) is 0 Å². The predicted molar refractivity (Wildman–Crippen MR) is 84.0 cm³/mol. The van der Waals surface area contributed by atoms with Crippen LogP contribution < -0.4 is 0 Å². The Morgan fingerprint density at radius 1 is 0.857 bits per heavy atom. The van der Waals surface area contributed by atoms with Crippen molar-refractivity contribution in [2.45, 2.75) is 90.6 Å². The van der Waals surface area contributed by atoms with Crippen LogP contribution in [0.1, 0.15) is 84.5 Å². The normalized spacial score (nSPS) is 12.0. The van der Waals surface area contributed by atoms with Gasteiger partial charge in [-0.15, -0.1) is 0 Å². The quantitative estimate of drug-likeness (QED) is 0.373. The maximum Gasteiger partial charge on any atom is 0.347 e. The SMILES string of the molecule is CCCCCCCC[C@H](OC(=O)CCCCC)C(=O)OC. The van der Waals surface area contributed by atoms with Gasteiger partial charge in [0.05, 0.1) is 7.11 Å². The standard InChI is InChI=1S/C17H32O4/c1-4-6-8-9-10-12-13-15(17(19)20-3)21-16(18)14-11-7-5-2/h15H,4-14H2,1-3H3/t15-/m0/s1. The Kier molecular flexibility index (Phi) is 13.2. The van der Waals surface area contributed by atoms with E-state index in [0.29, 0.717) is 12.8 Å². The molecule has 0 bridgehead atoms. The maximum atomic E-state index is 11.7. The lowest BCUT2D eigenvalue weighted by Gasteiger charge is -2.15. The molecule has 0 heterocycles. The van der Waals surface area contributed by atoms with Gasteiger partial charge in [0.25, 0.3) is 0 Å². The van der Waals surface area contributed by atoms with Gasteiger partial charge in [-0.2, -0.15) is 0 Å². The molecule has 21 heavy (non-hydrogen) atoms. The second-order valence-corrected chi connectivity index (χ2v) is 5.52.